The summed E-state index contributed by atoms with van der Waals surface area (Å²) < 4.78 is 26.5. The third-order valence-electron chi connectivity index (χ3n) is 2.22. The van der Waals surface area contributed by atoms with E-state index in [4.69, 9.17) is 11.6 Å². The number of hydrogen-bond donors (Lipinski definition) is 1. The zero-order valence-corrected chi connectivity index (χ0v) is 11.4. The number of pyridine rings is 1. The van der Waals surface area contributed by atoms with Crippen molar-refractivity contribution in [2.75, 3.05) is 10.5 Å². The summed E-state index contributed by atoms with van der Waals surface area (Å²) >= 11 is 9.01. The molecule has 0 amide bonds. The number of rotatable bonds is 4. The minimum Gasteiger partial charge on any atom is -0.280 e. The lowest BCUT2D eigenvalue weighted by molar-refractivity contribution is 0.597. The molecule has 1 N–H and O–H groups in total. The van der Waals surface area contributed by atoms with Gasteiger partial charge in [-0.05, 0) is 40.8 Å². The lowest BCUT2D eigenvalue weighted by Gasteiger charge is -2.08. The third kappa shape index (κ3) is 3.33. The standard InChI is InChI=1S/C9H10BrClN2O2S/c10-7-3-8(9(11)12-4-7)13-16(14,15)5-6-1-2-6/h3-4,6,13H,1-2,5H2. The van der Waals surface area contributed by atoms with Gasteiger partial charge in [0.25, 0.3) is 0 Å². The van der Waals surface area contributed by atoms with Crippen LogP contribution in [0.1, 0.15) is 12.8 Å². The van der Waals surface area contributed by atoms with Gasteiger partial charge in [-0.25, -0.2) is 13.4 Å². The molecule has 1 fully saturated rings. The van der Waals surface area contributed by atoms with E-state index in [1.165, 1.54) is 6.20 Å². The number of anilines is 1. The fourth-order valence-electron chi connectivity index (χ4n) is 1.30. The highest BCUT2D eigenvalue weighted by Crippen LogP contribution is 2.31. The van der Waals surface area contributed by atoms with Crippen molar-refractivity contribution in [3.8, 4) is 0 Å². The van der Waals surface area contributed by atoms with Gasteiger partial charge in [-0.1, -0.05) is 11.6 Å². The summed E-state index contributed by atoms with van der Waals surface area (Å²) in [7, 11) is -3.31. The molecule has 2 rings (SSSR count). The molecule has 0 aliphatic heterocycles. The Labute approximate surface area is 108 Å². The highest BCUT2D eigenvalue weighted by Gasteiger charge is 2.28. The predicted molar refractivity (Wildman–Crippen MR) is 67.1 cm³/mol. The molecule has 0 aromatic carbocycles. The molecule has 0 saturated heterocycles. The summed E-state index contributed by atoms with van der Waals surface area (Å²) in [6, 6.07) is 1.60. The van der Waals surface area contributed by atoms with Gasteiger partial charge in [0.1, 0.15) is 0 Å². The molecule has 1 saturated carbocycles. The molecule has 1 aliphatic rings. The van der Waals surface area contributed by atoms with Gasteiger partial charge >= 0.3 is 0 Å². The summed E-state index contributed by atoms with van der Waals surface area (Å²) in [6.45, 7) is 0. The van der Waals surface area contributed by atoms with Crippen molar-refractivity contribution in [3.05, 3.63) is 21.9 Å². The number of nitrogens with one attached hydrogen (secondary N) is 1. The van der Waals surface area contributed by atoms with Crippen LogP contribution < -0.4 is 4.72 Å². The molecule has 1 aromatic rings. The van der Waals surface area contributed by atoms with Crippen molar-refractivity contribution >= 4 is 43.2 Å². The van der Waals surface area contributed by atoms with E-state index in [1.54, 1.807) is 6.07 Å². The van der Waals surface area contributed by atoms with Crippen LogP contribution in [0.2, 0.25) is 5.15 Å². The highest BCUT2D eigenvalue weighted by atomic mass is 79.9. The number of aromatic nitrogens is 1. The lowest BCUT2D eigenvalue weighted by Crippen LogP contribution is -2.18. The van der Waals surface area contributed by atoms with Crippen molar-refractivity contribution in [2.45, 2.75) is 12.8 Å². The molecule has 0 spiro atoms. The lowest BCUT2D eigenvalue weighted by atomic mass is 10.4. The van der Waals surface area contributed by atoms with Crippen molar-refractivity contribution in [3.63, 3.8) is 0 Å². The molecular weight excluding hydrogens is 316 g/mol. The molecule has 1 heterocycles. The van der Waals surface area contributed by atoms with Crippen LogP contribution in [0.15, 0.2) is 16.7 Å². The normalized spacial score (nSPS) is 16.1. The predicted octanol–water partition coefficient (Wildman–Crippen LogP) is 2.65. The largest absolute Gasteiger partial charge is 0.280 e. The van der Waals surface area contributed by atoms with Gasteiger partial charge in [-0.2, -0.15) is 0 Å². The van der Waals surface area contributed by atoms with Crippen LogP contribution in [0.5, 0.6) is 0 Å². The van der Waals surface area contributed by atoms with Gasteiger partial charge in [-0.15, -0.1) is 0 Å². The van der Waals surface area contributed by atoms with Gasteiger partial charge in [0, 0.05) is 10.7 Å². The minimum absolute atomic E-state index is 0.155. The maximum Gasteiger partial charge on any atom is 0.233 e. The second-order valence-electron chi connectivity index (χ2n) is 3.82. The molecule has 0 atom stereocenters. The number of hydrogen-bond acceptors (Lipinski definition) is 3. The third-order valence-corrected chi connectivity index (χ3v) is 4.40. The smallest absolute Gasteiger partial charge is 0.233 e. The van der Waals surface area contributed by atoms with E-state index < -0.39 is 10.0 Å². The Morgan fingerprint density at radius 1 is 1.56 bits per heavy atom. The van der Waals surface area contributed by atoms with Crippen LogP contribution in [0.25, 0.3) is 0 Å². The number of halogens is 2. The molecule has 0 radical (unpaired) electrons. The maximum absolute atomic E-state index is 11.7. The first-order chi connectivity index (χ1) is 7.46. The second kappa shape index (κ2) is 4.50. The summed E-state index contributed by atoms with van der Waals surface area (Å²) in [4.78, 5) is 3.85. The molecule has 1 aliphatic carbocycles. The Hall–Kier alpha value is -0.330. The monoisotopic (exact) mass is 324 g/mol. The Kier molecular flexibility index (Phi) is 3.42. The van der Waals surface area contributed by atoms with Gasteiger partial charge in [0.15, 0.2) is 5.15 Å². The van der Waals surface area contributed by atoms with E-state index in [1.807, 2.05) is 0 Å². The Morgan fingerprint density at radius 3 is 2.88 bits per heavy atom. The minimum atomic E-state index is -3.31. The molecule has 4 nitrogen and oxygen atoms in total. The second-order valence-corrected chi connectivity index (χ2v) is 6.86. The summed E-state index contributed by atoms with van der Waals surface area (Å²) in [5.41, 5.74) is 0.316. The van der Waals surface area contributed by atoms with Crippen LogP contribution >= 0.6 is 27.5 Å². The molecule has 88 valence electrons. The summed E-state index contributed by atoms with van der Waals surface area (Å²) in [6.07, 6.45) is 3.50. The fraction of sp³-hybridized carbons (Fsp3) is 0.444. The zero-order valence-electron chi connectivity index (χ0n) is 8.28. The van der Waals surface area contributed by atoms with E-state index in [0.29, 0.717) is 16.1 Å². The van der Waals surface area contributed by atoms with Crippen LogP contribution in [-0.4, -0.2) is 19.2 Å². The Bertz CT molecular complexity index is 502. The van der Waals surface area contributed by atoms with Crippen LogP contribution in [0.4, 0.5) is 5.69 Å². The van der Waals surface area contributed by atoms with E-state index in [2.05, 4.69) is 25.6 Å². The zero-order chi connectivity index (χ0) is 11.8. The number of nitrogens with zero attached hydrogens (tertiary/aromatic N) is 1. The van der Waals surface area contributed by atoms with Crippen LogP contribution in [-0.2, 0) is 10.0 Å². The Balaban J connectivity index is 2.15. The first-order valence-corrected chi connectivity index (χ1v) is 7.60. The first-order valence-electron chi connectivity index (χ1n) is 4.78. The van der Waals surface area contributed by atoms with Crippen LogP contribution in [0.3, 0.4) is 0 Å². The van der Waals surface area contributed by atoms with E-state index in [9.17, 15) is 8.42 Å². The van der Waals surface area contributed by atoms with Crippen molar-refractivity contribution in [1.82, 2.24) is 4.98 Å². The quantitative estimate of drug-likeness (QED) is 0.866. The number of sulfonamides is 1. The van der Waals surface area contributed by atoms with E-state index in [0.717, 1.165) is 12.8 Å². The highest BCUT2D eigenvalue weighted by molar-refractivity contribution is 9.10. The van der Waals surface area contributed by atoms with E-state index >= 15 is 0 Å². The topological polar surface area (TPSA) is 59.1 Å². The SMILES string of the molecule is O=S(=O)(CC1CC1)Nc1cc(Br)cnc1Cl. The molecular formula is C9H10BrClN2O2S. The first kappa shape index (κ1) is 12.1. The van der Waals surface area contributed by atoms with Gasteiger partial charge in [0.2, 0.25) is 10.0 Å². The van der Waals surface area contributed by atoms with Crippen molar-refractivity contribution < 1.29 is 8.42 Å². The summed E-state index contributed by atoms with van der Waals surface area (Å²) in [5, 5.41) is 0.155. The molecule has 0 bridgehead atoms. The maximum atomic E-state index is 11.7. The molecule has 1 aromatic heterocycles. The van der Waals surface area contributed by atoms with E-state index in [-0.39, 0.29) is 10.9 Å². The van der Waals surface area contributed by atoms with Gasteiger partial charge < -0.3 is 0 Å². The average Bonchev–Trinajstić information content (AvgIpc) is 2.94. The van der Waals surface area contributed by atoms with Gasteiger partial charge in [0.05, 0.1) is 11.4 Å². The average molecular weight is 326 g/mol. The molecule has 7 heteroatoms. The van der Waals surface area contributed by atoms with Gasteiger partial charge in [-0.3, -0.25) is 4.72 Å². The summed E-state index contributed by atoms with van der Waals surface area (Å²) in [5.74, 6) is 0.465. The van der Waals surface area contributed by atoms with Crippen molar-refractivity contribution in [2.24, 2.45) is 5.92 Å². The van der Waals surface area contributed by atoms with Crippen molar-refractivity contribution in [1.29, 1.82) is 0 Å². The fourth-order valence-corrected chi connectivity index (χ4v) is 3.36. The molecule has 16 heavy (non-hydrogen) atoms. The molecule has 0 unspecified atom stereocenters. The van der Waals surface area contributed by atoms with Crippen LogP contribution in [0, 0.1) is 5.92 Å². The Morgan fingerprint density at radius 2 is 2.25 bits per heavy atom.